The number of esters is 2. The van der Waals surface area contributed by atoms with Crippen LogP contribution in [0, 0.1) is 50.2 Å². The Morgan fingerprint density at radius 2 is 1.16 bits per heavy atom. The van der Waals surface area contributed by atoms with Gasteiger partial charge in [-0.05, 0) is 136 Å². The van der Waals surface area contributed by atoms with Gasteiger partial charge < -0.3 is 143 Å². The highest BCUT2D eigenvalue weighted by molar-refractivity contribution is 5.87. The predicted molar refractivity (Wildman–Crippen MR) is 344 cm³/mol. The zero-order valence-corrected chi connectivity index (χ0v) is 58.6. The minimum absolute atomic E-state index is 0.00308. The van der Waals surface area contributed by atoms with E-state index in [2.05, 4.69) is 26.8 Å². The maximum absolute atomic E-state index is 15.9. The van der Waals surface area contributed by atoms with Crippen molar-refractivity contribution in [2.24, 2.45) is 50.2 Å². The summed E-state index contributed by atoms with van der Waals surface area (Å²) in [5.41, 5.74) is -5.03. The van der Waals surface area contributed by atoms with E-state index in [9.17, 15) is 91.3 Å². The molecule has 576 valence electrons. The van der Waals surface area contributed by atoms with Gasteiger partial charge in [-0.2, -0.15) is 0 Å². The Hall–Kier alpha value is -4.25. The molecule has 32 heteroatoms. The summed E-state index contributed by atoms with van der Waals surface area (Å²) in [4.78, 5) is 43.6. The van der Waals surface area contributed by atoms with Crippen molar-refractivity contribution in [3.05, 3.63) is 41.5 Å². The van der Waals surface area contributed by atoms with Gasteiger partial charge >= 0.3 is 17.9 Å². The van der Waals surface area contributed by atoms with Gasteiger partial charge in [-0.3, -0.25) is 9.59 Å². The Morgan fingerprint density at radius 3 is 1.77 bits per heavy atom. The largest absolute Gasteiger partial charge is 0.493 e. The molecule has 0 radical (unpaired) electrons. The first-order valence-electron chi connectivity index (χ1n) is 35.2. The normalized spacial score (nSPS) is 48.6. The summed E-state index contributed by atoms with van der Waals surface area (Å²) in [5.74, 6) is -3.91. The van der Waals surface area contributed by atoms with Crippen molar-refractivity contribution in [1.29, 1.82) is 0 Å². The first kappa shape index (κ1) is 78.8. The van der Waals surface area contributed by atoms with Crippen LogP contribution in [0.4, 0.5) is 0 Å². The molecule has 5 aliphatic carbocycles. The molecule has 1 aromatic rings. The molecule has 7 unspecified atom stereocenters. The Labute approximate surface area is 589 Å². The van der Waals surface area contributed by atoms with E-state index >= 15 is 4.79 Å². The van der Waals surface area contributed by atoms with E-state index in [1.165, 1.54) is 41.1 Å². The molecular formula is C70H104O32. The summed E-state index contributed by atoms with van der Waals surface area (Å²) in [7, 11) is 2.90. The zero-order chi connectivity index (χ0) is 74.4. The topological polar surface area (TPSA) is 495 Å². The number of carboxylic acids is 1. The average Bonchev–Trinajstić information content (AvgIpc) is 0.669. The van der Waals surface area contributed by atoms with Crippen LogP contribution in [0.25, 0.3) is 6.08 Å². The van der Waals surface area contributed by atoms with Crippen LogP contribution in [0.15, 0.2) is 35.9 Å². The van der Waals surface area contributed by atoms with Gasteiger partial charge in [0, 0.05) is 11.5 Å². The highest BCUT2D eigenvalue weighted by Crippen LogP contribution is 2.76. The minimum atomic E-state index is -2.08. The van der Waals surface area contributed by atoms with Crippen molar-refractivity contribution in [2.45, 2.75) is 266 Å². The summed E-state index contributed by atoms with van der Waals surface area (Å²) in [6.07, 6.45) is -37.1. The molecule has 0 bridgehead atoms. The van der Waals surface area contributed by atoms with Crippen LogP contribution in [0.2, 0.25) is 0 Å². The van der Waals surface area contributed by atoms with E-state index < -0.39 is 236 Å². The average molecular weight is 1460 g/mol. The number of benzene rings is 1. The van der Waals surface area contributed by atoms with Crippen molar-refractivity contribution in [3.63, 3.8) is 0 Å². The molecule has 102 heavy (non-hydrogen) atoms. The Kier molecular flexibility index (Phi) is 23.2. The number of hydrogen-bond donors (Lipinski definition) is 16. The van der Waals surface area contributed by atoms with E-state index in [0.29, 0.717) is 42.7 Å². The van der Waals surface area contributed by atoms with Crippen LogP contribution in [0.1, 0.15) is 112 Å². The van der Waals surface area contributed by atoms with Crippen molar-refractivity contribution < 1.29 is 158 Å². The lowest BCUT2D eigenvalue weighted by molar-refractivity contribution is -0.378. The van der Waals surface area contributed by atoms with Gasteiger partial charge in [-0.1, -0.05) is 45.4 Å². The van der Waals surface area contributed by atoms with Gasteiger partial charge in [0.2, 0.25) is 6.29 Å². The summed E-state index contributed by atoms with van der Waals surface area (Å²) in [6.45, 7) is 10.1. The van der Waals surface area contributed by atoms with Crippen LogP contribution in [0.5, 0.6) is 11.5 Å². The SMILES string of the molecule is COc1ccc(/C=C/C(=O)O[C@@H]2[C@H](O)[C@@H](O[C@@H]3O[C@@H](C)[C@H](O[C@@H]4OC[C@@H](O[C@@H]5O[C@H](CO)[C@H](O)[C@H](O)[C@H]5O)[C@H](O)[C@H]4O)[C@@H](O)[C@H]3O)[C@H](OC(=O)C34CCC(C)(C)CC3C3=CCC5C(C)(CCC6[C@]5(C)CC(O)C(O[C@@H]5O[C@H](CO)[C@@H](O)[C@H](O)[C@H]5O)[C@@]6(C)C(=O)O)[C@]3(CO)CC4)O[C@@H]2C)cc1OC. The van der Waals surface area contributed by atoms with Gasteiger partial charge in [0.1, 0.15) is 97.7 Å². The lowest BCUT2D eigenvalue weighted by Gasteiger charge is -2.71. The van der Waals surface area contributed by atoms with E-state index in [4.69, 9.17) is 61.6 Å². The third-order valence-electron chi connectivity index (χ3n) is 25.2. The number of allylic oxidation sites excluding steroid dienone is 1. The van der Waals surface area contributed by atoms with Crippen LogP contribution in [-0.4, -0.2) is 300 Å². The third-order valence-corrected chi connectivity index (χ3v) is 25.2. The number of carbonyl (C=O) groups is 3. The fraction of sp³-hybridized carbons (Fsp3) is 0.814. The number of rotatable bonds is 19. The fourth-order valence-corrected chi connectivity index (χ4v) is 19.3. The molecule has 16 N–H and O–H groups in total. The quantitative estimate of drug-likeness (QED) is 0.0302. The van der Waals surface area contributed by atoms with Crippen LogP contribution < -0.4 is 9.47 Å². The smallest absolute Gasteiger partial charge is 0.331 e. The van der Waals surface area contributed by atoms with Gasteiger partial charge in [0.15, 0.2) is 48.9 Å². The van der Waals surface area contributed by atoms with Crippen LogP contribution >= 0.6 is 0 Å². The molecule has 5 aliphatic heterocycles. The van der Waals surface area contributed by atoms with Crippen molar-refractivity contribution >= 4 is 24.0 Å². The molecular weight excluding hydrogens is 1350 g/mol. The molecule has 1 aromatic carbocycles. The molecule has 4 saturated carbocycles. The third kappa shape index (κ3) is 13.6. The Bertz CT molecular complexity index is 3190. The van der Waals surface area contributed by atoms with E-state index in [-0.39, 0.29) is 50.0 Å². The van der Waals surface area contributed by atoms with Gasteiger partial charge in [-0.15, -0.1) is 0 Å². The van der Waals surface area contributed by atoms with Crippen LogP contribution in [0.3, 0.4) is 0 Å². The molecule has 32 nitrogen and oxygen atoms in total. The number of fused-ring (bicyclic) bond motifs is 7. The molecule has 34 atom stereocenters. The summed E-state index contributed by atoms with van der Waals surface area (Å²) in [6, 6.07) is 4.88. The summed E-state index contributed by atoms with van der Waals surface area (Å²) < 4.78 is 76.7. The first-order chi connectivity index (χ1) is 48.0. The molecule has 0 spiro atoms. The Morgan fingerprint density at radius 1 is 0.578 bits per heavy atom. The Balaban J connectivity index is 0.850. The number of aliphatic carboxylic acids is 1. The number of carbonyl (C=O) groups excluding carboxylic acids is 2. The van der Waals surface area contributed by atoms with Gasteiger partial charge in [0.25, 0.3) is 0 Å². The monoisotopic (exact) mass is 1460 g/mol. The van der Waals surface area contributed by atoms with E-state index in [1.807, 2.05) is 6.92 Å². The van der Waals surface area contributed by atoms with E-state index in [0.717, 1.165) is 11.6 Å². The lowest BCUT2D eigenvalue weighted by Crippen LogP contribution is -2.71. The van der Waals surface area contributed by atoms with E-state index in [1.54, 1.807) is 18.2 Å². The number of methoxy groups -OCH3 is 2. The maximum Gasteiger partial charge on any atom is 0.331 e. The highest BCUT2D eigenvalue weighted by Gasteiger charge is 2.74. The molecule has 0 aromatic heterocycles. The number of aliphatic hydroxyl groups is 15. The second kappa shape index (κ2) is 30.1. The number of carboxylic acid groups (broad SMARTS) is 1. The molecule has 11 rings (SSSR count). The summed E-state index contributed by atoms with van der Waals surface area (Å²) >= 11 is 0. The second-order valence-corrected chi connectivity index (χ2v) is 31.3. The minimum Gasteiger partial charge on any atom is -0.493 e. The molecule has 5 heterocycles. The van der Waals surface area contributed by atoms with Gasteiger partial charge in [-0.25, -0.2) is 4.79 Å². The number of aliphatic hydroxyl groups excluding tert-OH is 15. The van der Waals surface area contributed by atoms with Crippen molar-refractivity contribution in [3.8, 4) is 11.5 Å². The molecule has 10 aliphatic rings. The predicted octanol–water partition coefficient (Wildman–Crippen LogP) is -2.23. The first-order valence-corrected chi connectivity index (χ1v) is 35.2. The number of hydrogen-bond acceptors (Lipinski definition) is 31. The molecule has 9 fully saturated rings. The second-order valence-electron chi connectivity index (χ2n) is 31.3. The maximum atomic E-state index is 15.9. The fourth-order valence-electron chi connectivity index (χ4n) is 19.3. The van der Waals surface area contributed by atoms with Gasteiger partial charge in [0.05, 0.1) is 69.8 Å². The lowest BCUT2D eigenvalue weighted by atomic mass is 9.33. The highest BCUT2D eigenvalue weighted by atomic mass is 16.8. The van der Waals surface area contributed by atoms with Crippen LogP contribution in [-0.2, 0) is 66.5 Å². The van der Waals surface area contributed by atoms with Crippen molar-refractivity contribution in [1.82, 2.24) is 0 Å². The molecule has 0 amide bonds. The summed E-state index contributed by atoms with van der Waals surface area (Å²) in [5, 5.41) is 178. The van der Waals surface area contributed by atoms with Crippen molar-refractivity contribution in [2.75, 3.05) is 40.6 Å². The zero-order valence-electron chi connectivity index (χ0n) is 58.6. The standard InChI is InChI=1S/C70H104O32/c1-29-54(99-58-49(82)45(78)39(27-92-58)97-60-50(83)46(79)43(76)37(25-71)95-60)48(81)52(85)59(93-29)100-56-53(86)55(98-42(75)15-11-31-10-13-35(90-8)36(22-31)91-9)30(2)94-62(56)102-64(89)69-19-18-65(3,4)23-33(69)32-12-14-40-66(5)24-34(74)57(101-61-51(84)47(80)44(77)38(26-72)96-61)68(7,63(87)88)41(66)16-17-67(40,6)70(32,28-73)21-20-69/h10-13,15,22,29-30,33-34,37-41,43-62,71-74,76-86H,14,16-21,23-28H2,1-9H3,(H,87,88)/b15-11+/t29-,30+,33?,34?,37+,38+,39+,40?,41?,43-,44+,45-,46-,47-,48-,49+,50+,51+,52+,53-,54-,55-,56+,57?,58-,59-,60-,61-,62-,66+,67?,68-,69?,70-/m0/s1. The number of ether oxygens (including phenoxy) is 13. The molecule has 5 saturated heterocycles.